The molecule has 0 bridgehead atoms. The highest BCUT2D eigenvalue weighted by Crippen LogP contribution is 2.26. The fraction of sp³-hybridized carbons (Fsp3) is 0.133. The summed E-state index contributed by atoms with van der Waals surface area (Å²) in [5.74, 6) is -0.0911. The Morgan fingerprint density at radius 1 is 1.16 bits per heavy atom. The van der Waals surface area contributed by atoms with Crippen LogP contribution >= 0.6 is 0 Å². The second kappa shape index (κ2) is 5.02. The molecule has 0 aliphatic rings. The minimum atomic E-state index is -0.202. The van der Waals surface area contributed by atoms with Gasteiger partial charge in [-0.3, -0.25) is 4.79 Å². The maximum Gasteiger partial charge on any atom is 0.258 e. The fourth-order valence-corrected chi connectivity index (χ4v) is 1.94. The minimum Gasteiger partial charge on any atom is -0.508 e. The molecule has 3 N–H and O–H groups in total. The SMILES string of the molecule is Cc1c(O)cccc1C(=O)N(C)c1ccccc1N. The maximum absolute atomic E-state index is 12.4. The van der Waals surface area contributed by atoms with Crippen molar-refractivity contribution < 1.29 is 9.90 Å². The number of nitrogens with zero attached hydrogens (tertiary/aromatic N) is 1. The van der Waals surface area contributed by atoms with Crippen molar-refractivity contribution in [2.75, 3.05) is 17.7 Å². The predicted molar refractivity (Wildman–Crippen MR) is 76.4 cm³/mol. The first-order valence-corrected chi connectivity index (χ1v) is 5.93. The molecular formula is C15H16N2O2. The highest BCUT2D eigenvalue weighted by molar-refractivity contribution is 6.08. The summed E-state index contributed by atoms with van der Waals surface area (Å²) in [7, 11) is 1.66. The molecule has 0 spiro atoms. The molecule has 0 aliphatic heterocycles. The third kappa shape index (κ3) is 2.38. The van der Waals surface area contributed by atoms with E-state index in [9.17, 15) is 9.90 Å². The van der Waals surface area contributed by atoms with Gasteiger partial charge in [0.1, 0.15) is 5.75 Å². The minimum absolute atomic E-state index is 0.111. The van der Waals surface area contributed by atoms with Crippen molar-refractivity contribution in [1.82, 2.24) is 0 Å². The van der Waals surface area contributed by atoms with Crippen molar-refractivity contribution in [3.8, 4) is 5.75 Å². The quantitative estimate of drug-likeness (QED) is 0.811. The zero-order valence-electron chi connectivity index (χ0n) is 10.9. The first-order chi connectivity index (χ1) is 9.02. The zero-order chi connectivity index (χ0) is 14.0. The van der Waals surface area contributed by atoms with E-state index in [1.54, 1.807) is 44.3 Å². The van der Waals surface area contributed by atoms with Crippen molar-refractivity contribution in [3.05, 3.63) is 53.6 Å². The summed E-state index contributed by atoms with van der Waals surface area (Å²) in [6.45, 7) is 1.71. The molecule has 4 nitrogen and oxygen atoms in total. The summed E-state index contributed by atoms with van der Waals surface area (Å²) in [4.78, 5) is 13.9. The maximum atomic E-state index is 12.4. The number of nitrogen functional groups attached to an aromatic ring is 1. The lowest BCUT2D eigenvalue weighted by molar-refractivity contribution is 0.0992. The number of rotatable bonds is 2. The number of carbonyl (C=O) groups excluding carboxylic acids is 1. The Labute approximate surface area is 112 Å². The van der Waals surface area contributed by atoms with Crippen LogP contribution in [0, 0.1) is 6.92 Å². The summed E-state index contributed by atoms with van der Waals surface area (Å²) in [5.41, 5.74) is 8.08. The fourth-order valence-electron chi connectivity index (χ4n) is 1.94. The lowest BCUT2D eigenvalue weighted by Crippen LogP contribution is -2.27. The van der Waals surface area contributed by atoms with Crippen LogP contribution in [0.2, 0.25) is 0 Å². The van der Waals surface area contributed by atoms with Gasteiger partial charge in [0.15, 0.2) is 0 Å². The number of phenols is 1. The van der Waals surface area contributed by atoms with Gasteiger partial charge >= 0.3 is 0 Å². The summed E-state index contributed by atoms with van der Waals surface area (Å²) >= 11 is 0. The van der Waals surface area contributed by atoms with E-state index < -0.39 is 0 Å². The van der Waals surface area contributed by atoms with Crippen LogP contribution < -0.4 is 10.6 Å². The molecule has 2 aromatic carbocycles. The third-order valence-corrected chi connectivity index (χ3v) is 3.14. The lowest BCUT2D eigenvalue weighted by atomic mass is 10.1. The van der Waals surface area contributed by atoms with Gasteiger partial charge in [0.25, 0.3) is 5.91 Å². The van der Waals surface area contributed by atoms with E-state index in [0.717, 1.165) is 0 Å². The Hall–Kier alpha value is -2.49. The Bertz CT molecular complexity index is 623. The molecule has 1 amide bonds. The first kappa shape index (κ1) is 13.0. The van der Waals surface area contributed by atoms with E-state index in [4.69, 9.17) is 5.73 Å². The molecule has 0 aliphatic carbocycles. The van der Waals surface area contributed by atoms with Crippen LogP contribution in [0.3, 0.4) is 0 Å². The Balaban J connectivity index is 2.40. The third-order valence-electron chi connectivity index (χ3n) is 3.14. The Morgan fingerprint density at radius 3 is 2.53 bits per heavy atom. The molecule has 2 rings (SSSR count). The highest BCUT2D eigenvalue weighted by Gasteiger charge is 2.18. The van der Waals surface area contributed by atoms with Gasteiger partial charge in [0.05, 0.1) is 11.4 Å². The van der Waals surface area contributed by atoms with Crippen LogP contribution in [-0.4, -0.2) is 18.1 Å². The van der Waals surface area contributed by atoms with Gasteiger partial charge in [-0.2, -0.15) is 0 Å². The largest absolute Gasteiger partial charge is 0.508 e. The average molecular weight is 256 g/mol. The zero-order valence-corrected chi connectivity index (χ0v) is 10.9. The molecule has 0 fully saturated rings. The molecule has 4 heteroatoms. The summed E-state index contributed by atoms with van der Waals surface area (Å²) in [6.07, 6.45) is 0. The summed E-state index contributed by atoms with van der Waals surface area (Å²) in [6, 6.07) is 12.1. The molecule has 0 aromatic heterocycles. The summed E-state index contributed by atoms with van der Waals surface area (Å²) in [5, 5.41) is 9.66. The van der Waals surface area contributed by atoms with Crippen molar-refractivity contribution in [3.63, 3.8) is 0 Å². The standard InChI is InChI=1S/C15H16N2O2/c1-10-11(6-5-9-14(10)18)15(19)17(2)13-8-4-3-7-12(13)16/h3-9,18H,16H2,1-2H3. The average Bonchev–Trinajstić information content (AvgIpc) is 2.41. The number of hydrogen-bond acceptors (Lipinski definition) is 3. The van der Waals surface area contributed by atoms with Gasteiger partial charge < -0.3 is 15.7 Å². The van der Waals surface area contributed by atoms with Crippen molar-refractivity contribution in [1.29, 1.82) is 0 Å². The van der Waals surface area contributed by atoms with Crippen LogP contribution in [0.15, 0.2) is 42.5 Å². The van der Waals surface area contributed by atoms with Gasteiger partial charge in [-0.25, -0.2) is 0 Å². The monoisotopic (exact) mass is 256 g/mol. The molecule has 0 radical (unpaired) electrons. The van der Waals surface area contributed by atoms with E-state index in [1.165, 1.54) is 4.90 Å². The number of anilines is 2. The molecule has 98 valence electrons. The number of aromatic hydroxyl groups is 1. The second-order valence-electron chi connectivity index (χ2n) is 4.37. The lowest BCUT2D eigenvalue weighted by Gasteiger charge is -2.20. The van der Waals surface area contributed by atoms with Crippen molar-refractivity contribution in [2.24, 2.45) is 0 Å². The predicted octanol–water partition coefficient (Wildman–Crippen LogP) is 2.56. The molecule has 19 heavy (non-hydrogen) atoms. The summed E-state index contributed by atoms with van der Waals surface area (Å²) < 4.78 is 0. The number of para-hydroxylation sites is 2. The van der Waals surface area contributed by atoms with Gasteiger partial charge in [-0.05, 0) is 31.2 Å². The molecular weight excluding hydrogens is 240 g/mol. The van der Waals surface area contributed by atoms with Crippen LogP contribution in [0.4, 0.5) is 11.4 Å². The Kier molecular flexibility index (Phi) is 3.42. The second-order valence-corrected chi connectivity index (χ2v) is 4.37. The molecule has 2 aromatic rings. The topological polar surface area (TPSA) is 66.6 Å². The van der Waals surface area contributed by atoms with E-state index >= 15 is 0 Å². The highest BCUT2D eigenvalue weighted by atomic mass is 16.3. The number of benzene rings is 2. The van der Waals surface area contributed by atoms with Gasteiger partial charge in [0, 0.05) is 18.2 Å². The molecule has 0 saturated carbocycles. The normalized spacial score (nSPS) is 10.2. The molecule has 0 heterocycles. The van der Waals surface area contributed by atoms with Crippen molar-refractivity contribution in [2.45, 2.75) is 6.92 Å². The molecule has 0 unspecified atom stereocenters. The van der Waals surface area contributed by atoms with Gasteiger partial charge in [-0.15, -0.1) is 0 Å². The smallest absolute Gasteiger partial charge is 0.258 e. The van der Waals surface area contributed by atoms with Crippen LogP contribution in [0.1, 0.15) is 15.9 Å². The van der Waals surface area contributed by atoms with Crippen molar-refractivity contribution >= 4 is 17.3 Å². The van der Waals surface area contributed by atoms with Crippen LogP contribution in [-0.2, 0) is 0 Å². The number of carbonyl (C=O) groups is 1. The Morgan fingerprint density at radius 2 is 1.84 bits per heavy atom. The van der Waals surface area contributed by atoms with Gasteiger partial charge in [0.2, 0.25) is 0 Å². The number of nitrogens with two attached hydrogens (primary N) is 1. The van der Waals surface area contributed by atoms with E-state index in [-0.39, 0.29) is 11.7 Å². The van der Waals surface area contributed by atoms with E-state index in [1.807, 2.05) is 12.1 Å². The molecule has 0 saturated heterocycles. The number of amides is 1. The number of hydrogen-bond donors (Lipinski definition) is 2. The van der Waals surface area contributed by atoms with E-state index in [2.05, 4.69) is 0 Å². The van der Waals surface area contributed by atoms with Crippen LogP contribution in [0.5, 0.6) is 5.75 Å². The van der Waals surface area contributed by atoms with Crippen LogP contribution in [0.25, 0.3) is 0 Å². The first-order valence-electron chi connectivity index (χ1n) is 5.93. The number of phenolic OH excluding ortho intramolecular Hbond substituents is 1. The molecule has 0 atom stereocenters. The van der Waals surface area contributed by atoms with Gasteiger partial charge in [-0.1, -0.05) is 18.2 Å². The van der Waals surface area contributed by atoms with E-state index in [0.29, 0.717) is 22.5 Å².